The number of likely N-dealkylation sites (tertiary alicyclic amines) is 1. The summed E-state index contributed by atoms with van der Waals surface area (Å²) in [6.07, 6.45) is 8.59. The van der Waals surface area contributed by atoms with Gasteiger partial charge in [-0.2, -0.15) is 0 Å². The van der Waals surface area contributed by atoms with Gasteiger partial charge in [-0.25, -0.2) is 4.79 Å². The van der Waals surface area contributed by atoms with Crippen LogP contribution in [0.5, 0.6) is 0 Å². The molecule has 1 aromatic carbocycles. The molecule has 1 fully saturated rings. The highest BCUT2D eigenvalue weighted by Crippen LogP contribution is 2.10. The van der Waals surface area contributed by atoms with Crippen LogP contribution in [0.15, 0.2) is 30.3 Å². The zero-order chi connectivity index (χ0) is 18.9. The molecule has 1 aliphatic heterocycles. The Kier molecular flexibility index (Phi) is 12.8. The third kappa shape index (κ3) is 11.5. The van der Waals surface area contributed by atoms with Crippen LogP contribution in [0.1, 0.15) is 44.1 Å². The maximum Gasteiger partial charge on any atom is 0.314 e. The molecule has 146 valence electrons. The van der Waals surface area contributed by atoms with Crippen LogP contribution in [0, 0.1) is 0 Å². The van der Waals surface area contributed by atoms with Gasteiger partial charge in [0.15, 0.2) is 0 Å². The minimum atomic E-state index is -0.250. The Morgan fingerprint density at radius 2 is 1.62 bits per heavy atom. The minimum Gasteiger partial charge on any atom is -0.483 e. The molecule has 0 aliphatic carbocycles. The number of unbranched alkanes of at least 4 members (excludes halogenated alkanes) is 1. The fourth-order valence-corrected chi connectivity index (χ4v) is 3.05. The normalized spacial score (nSPS) is 14.5. The maximum absolute atomic E-state index is 11.7. The number of rotatable bonds is 8. The van der Waals surface area contributed by atoms with Gasteiger partial charge in [0.2, 0.25) is 0 Å². The molecule has 0 saturated carbocycles. The van der Waals surface area contributed by atoms with Crippen LogP contribution < -0.4 is 10.6 Å². The van der Waals surface area contributed by atoms with Gasteiger partial charge in [-0.15, -0.1) is 0 Å². The van der Waals surface area contributed by atoms with E-state index in [0.29, 0.717) is 6.54 Å². The van der Waals surface area contributed by atoms with E-state index in [2.05, 4.69) is 27.7 Å². The van der Waals surface area contributed by atoms with Gasteiger partial charge < -0.3 is 20.6 Å². The summed E-state index contributed by atoms with van der Waals surface area (Å²) in [4.78, 5) is 22.6. The summed E-state index contributed by atoms with van der Waals surface area (Å²) in [5.74, 6) is 0. The van der Waals surface area contributed by atoms with E-state index in [1.54, 1.807) is 0 Å². The van der Waals surface area contributed by atoms with Gasteiger partial charge in [0.05, 0.1) is 0 Å². The van der Waals surface area contributed by atoms with E-state index < -0.39 is 0 Å². The third-order valence-corrected chi connectivity index (χ3v) is 4.43. The topological polar surface area (TPSA) is 81.7 Å². The highest BCUT2D eigenvalue weighted by Gasteiger charge is 2.08. The summed E-state index contributed by atoms with van der Waals surface area (Å²) >= 11 is 0. The van der Waals surface area contributed by atoms with Crippen LogP contribution in [0.2, 0.25) is 0 Å². The van der Waals surface area contributed by atoms with Crippen molar-refractivity contribution in [2.75, 3.05) is 32.7 Å². The average molecular weight is 364 g/mol. The monoisotopic (exact) mass is 363 g/mol. The maximum atomic E-state index is 11.7. The Hall–Kier alpha value is -2.08. The molecule has 2 rings (SSSR count). The first-order chi connectivity index (χ1) is 12.8. The van der Waals surface area contributed by atoms with Crippen LogP contribution in [0.4, 0.5) is 4.79 Å². The van der Waals surface area contributed by atoms with E-state index in [9.17, 15) is 4.79 Å². The number of nitrogens with one attached hydrogen (secondary N) is 2. The molecule has 0 radical (unpaired) electrons. The van der Waals surface area contributed by atoms with Crippen molar-refractivity contribution in [3.63, 3.8) is 0 Å². The smallest absolute Gasteiger partial charge is 0.314 e. The molecule has 3 N–H and O–H groups in total. The second-order valence-corrected chi connectivity index (χ2v) is 6.49. The first-order valence-electron chi connectivity index (χ1n) is 9.62. The quantitative estimate of drug-likeness (QED) is 0.490. The number of benzene rings is 1. The zero-order valence-corrected chi connectivity index (χ0v) is 15.7. The van der Waals surface area contributed by atoms with E-state index in [4.69, 9.17) is 9.90 Å². The van der Waals surface area contributed by atoms with Gasteiger partial charge >= 0.3 is 6.03 Å². The van der Waals surface area contributed by atoms with Gasteiger partial charge in [-0.1, -0.05) is 43.2 Å². The molecule has 1 aromatic rings. The highest BCUT2D eigenvalue weighted by molar-refractivity contribution is 5.73. The molecule has 6 heteroatoms. The van der Waals surface area contributed by atoms with E-state index >= 15 is 0 Å². The molecule has 26 heavy (non-hydrogen) atoms. The van der Waals surface area contributed by atoms with Crippen molar-refractivity contribution in [2.24, 2.45) is 0 Å². The Labute approximate surface area is 157 Å². The SMILES string of the molecule is O=C(NCCCCN1CCCCCC1)NCCc1ccccc1.O=CO. The van der Waals surface area contributed by atoms with Crippen molar-refractivity contribution < 1.29 is 14.7 Å². The summed E-state index contributed by atoms with van der Waals surface area (Å²) in [6, 6.07) is 10.2. The molecule has 6 nitrogen and oxygen atoms in total. The predicted molar refractivity (Wildman–Crippen MR) is 104 cm³/mol. The molecule has 1 saturated heterocycles. The fraction of sp³-hybridized carbons (Fsp3) is 0.600. The minimum absolute atomic E-state index is 0.0456. The summed E-state index contributed by atoms with van der Waals surface area (Å²) in [5.41, 5.74) is 1.25. The van der Waals surface area contributed by atoms with E-state index in [-0.39, 0.29) is 12.5 Å². The number of carbonyl (C=O) groups is 2. The molecule has 0 bridgehead atoms. The van der Waals surface area contributed by atoms with E-state index in [1.807, 2.05) is 18.2 Å². The standard InChI is InChI=1S/C19H31N3O.CH2O2/c23-19(21-14-12-18-10-4-3-5-11-18)20-13-6-9-17-22-15-7-1-2-8-16-22;2-1-3/h3-5,10-11H,1-2,6-9,12-17H2,(H2,20,21,23);1H,(H,2,3). The zero-order valence-electron chi connectivity index (χ0n) is 15.7. The molecule has 0 spiro atoms. The lowest BCUT2D eigenvalue weighted by atomic mass is 10.1. The Bertz CT molecular complexity index is 474. The number of nitrogens with zero attached hydrogens (tertiary/aromatic N) is 1. The van der Waals surface area contributed by atoms with E-state index in [1.165, 1.54) is 57.3 Å². The van der Waals surface area contributed by atoms with E-state index in [0.717, 1.165) is 19.4 Å². The van der Waals surface area contributed by atoms with Gasteiger partial charge in [-0.3, -0.25) is 4.79 Å². The second-order valence-electron chi connectivity index (χ2n) is 6.49. The van der Waals surface area contributed by atoms with Crippen molar-refractivity contribution in [2.45, 2.75) is 44.9 Å². The number of carbonyl (C=O) groups excluding carboxylic acids is 1. The number of hydrogen-bond donors (Lipinski definition) is 3. The highest BCUT2D eigenvalue weighted by atomic mass is 16.3. The van der Waals surface area contributed by atoms with Gasteiger partial charge in [0, 0.05) is 13.1 Å². The van der Waals surface area contributed by atoms with Crippen molar-refractivity contribution in [3.8, 4) is 0 Å². The molecular weight excluding hydrogens is 330 g/mol. The molecule has 1 aliphatic rings. The first kappa shape index (κ1) is 22.0. The fourth-order valence-electron chi connectivity index (χ4n) is 3.05. The second kappa shape index (κ2) is 15.2. The number of carboxylic acid groups (broad SMARTS) is 1. The number of urea groups is 1. The van der Waals surface area contributed by atoms with Gasteiger partial charge in [0.25, 0.3) is 6.47 Å². The summed E-state index contributed by atoms with van der Waals surface area (Å²) in [5, 5.41) is 12.8. The molecular formula is C20H33N3O3. The van der Waals surface area contributed by atoms with Crippen molar-refractivity contribution in [3.05, 3.63) is 35.9 Å². The van der Waals surface area contributed by atoms with Crippen molar-refractivity contribution in [1.29, 1.82) is 0 Å². The molecule has 2 amide bonds. The van der Waals surface area contributed by atoms with Gasteiger partial charge in [-0.05, 0) is 57.3 Å². The average Bonchev–Trinajstić information content (AvgIpc) is 2.92. The Morgan fingerprint density at radius 3 is 2.27 bits per heavy atom. The lowest BCUT2D eigenvalue weighted by Crippen LogP contribution is -2.37. The van der Waals surface area contributed by atoms with Crippen LogP contribution in [-0.4, -0.2) is 55.2 Å². The van der Waals surface area contributed by atoms with Crippen LogP contribution in [-0.2, 0) is 11.2 Å². The number of hydrogen-bond acceptors (Lipinski definition) is 3. The van der Waals surface area contributed by atoms with Crippen LogP contribution >= 0.6 is 0 Å². The first-order valence-corrected chi connectivity index (χ1v) is 9.62. The molecule has 0 unspecified atom stereocenters. The lowest BCUT2D eigenvalue weighted by Gasteiger charge is -2.19. The van der Waals surface area contributed by atoms with Gasteiger partial charge in [0.1, 0.15) is 0 Å². The lowest BCUT2D eigenvalue weighted by molar-refractivity contribution is -0.122. The van der Waals surface area contributed by atoms with Crippen molar-refractivity contribution in [1.82, 2.24) is 15.5 Å². The summed E-state index contributed by atoms with van der Waals surface area (Å²) in [7, 11) is 0. The Balaban J connectivity index is 0.00000105. The summed E-state index contributed by atoms with van der Waals surface area (Å²) in [6.45, 7) is 4.90. The largest absolute Gasteiger partial charge is 0.483 e. The molecule has 0 aromatic heterocycles. The number of amides is 2. The molecule has 0 atom stereocenters. The van der Waals surface area contributed by atoms with Crippen LogP contribution in [0.3, 0.4) is 0 Å². The van der Waals surface area contributed by atoms with Crippen molar-refractivity contribution >= 4 is 12.5 Å². The molecule has 1 heterocycles. The van der Waals surface area contributed by atoms with Crippen LogP contribution in [0.25, 0.3) is 0 Å². The predicted octanol–water partition coefficient (Wildman–Crippen LogP) is 2.89. The Morgan fingerprint density at radius 1 is 1.00 bits per heavy atom. The third-order valence-electron chi connectivity index (χ3n) is 4.43. The summed E-state index contributed by atoms with van der Waals surface area (Å²) < 4.78 is 0.